The third-order valence-electron chi connectivity index (χ3n) is 5.33. The van der Waals surface area contributed by atoms with E-state index in [1.54, 1.807) is 18.2 Å². The number of alkyl halides is 3. The molecule has 0 saturated carbocycles. The van der Waals surface area contributed by atoms with Gasteiger partial charge in [0.15, 0.2) is 5.69 Å². The quantitative estimate of drug-likeness (QED) is 0.524. The zero-order valence-electron chi connectivity index (χ0n) is 17.4. The number of nitrogens with one attached hydrogen (secondary N) is 1. The average Bonchev–Trinajstić information content (AvgIpc) is 3.39. The first kappa shape index (κ1) is 22.8. The van der Waals surface area contributed by atoms with Gasteiger partial charge < -0.3 is 15.2 Å². The third-order valence-corrected chi connectivity index (χ3v) is 5.33. The first-order valence-corrected chi connectivity index (χ1v) is 10.4. The number of hydrogen-bond acceptors (Lipinski definition) is 4. The highest BCUT2D eigenvalue weighted by Crippen LogP contribution is 2.31. The van der Waals surface area contributed by atoms with E-state index in [4.69, 9.17) is 4.74 Å². The molecule has 6 nitrogen and oxygen atoms in total. The molecule has 33 heavy (non-hydrogen) atoms. The fourth-order valence-electron chi connectivity index (χ4n) is 3.75. The van der Waals surface area contributed by atoms with Crippen LogP contribution in [0.2, 0.25) is 0 Å². The Bertz CT molecular complexity index is 1160. The molecule has 1 atom stereocenters. The van der Waals surface area contributed by atoms with E-state index in [0.717, 1.165) is 29.8 Å². The van der Waals surface area contributed by atoms with Crippen molar-refractivity contribution in [2.45, 2.75) is 31.5 Å². The number of halogens is 4. The number of nitrogens with zero attached hydrogens (tertiary/aromatic N) is 2. The van der Waals surface area contributed by atoms with Gasteiger partial charge in [-0.25, -0.2) is 9.07 Å². The van der Waals surface area contributed by atoms with Gasteiger partial charge in [0, 0.05) is 17.8 Å². The summed E-state index contributed by atoms with van der Waals surface area (Å²) in [4.78, 5) is 12.7. The lowest BCUT2D eigenvalue weighted by atomic mass is 10.2. The van der Waals surface area contributed by atoms with Gasteiger partial charge in [-0.05, 0) is 49.6 Å². The number of benzene rings is 2. The van der Waals surface area contributed by atoms with Crippen molar-refractivity contribution < 1.29 is 32.2 Å². The predicted octanol–water partition coefficient (Wildman–Crippen LogP) is 3.69. The molecule has 0 spiro atoms. The van der Waals surface area contributed by atoms with Gasteiger partial charge in [-0.3, -0.25) is 4.79 Å². The third kappa shape index (κ3) is 5.00. The van der Waals surface area contributed by atoms with Gasteiger partial charge in [0.25, 0.3) is 5.91 Å². The molecule has 1 heterocycles. The Morgan fingerprint density at radius 1 is 1.18 bits per heavy atom. The molecule has 3 aromatic rings. The van der Waals surface area contributed by atoms with Crippen LogP contribution < -0.4 is 10.1 Å². The fraction of sp³-hybridized carbons (Fsp3) is 0.304. The van der Waals surface area contributed by atoms with Crippen molar-refractivity contribution in [1.82, 2.24) is 15.1 Å². The molecule has 0 saturated heterocycles. The highest BCUT2D eigenvalue weighted by molar-refractivity contribution is 5.94. The van der Waals surface area contributed by atoms with Crippen LogP contribution >= 0.6 is 0 Å². The van der Waals surface area contributed by atoms with Crippen molar-refractivity contribution in [1.29, 1.82) is 0 Å². The Morgan fingerprint density at radius 2 is 1.97 bits per heavy atom. The average molecular weight is 463 g/mol. The topological polar surface area (TPSA) is 76.4 Å². The van der Waals surface area contributed by atoms with Crippen LogP contribution in [0.25, 0.3) is 5.69 Å². The molecule has 0 bridgehead atoms. The minimum atomic E-state index is -4.50. The normalized spacial score (nSPS) is 14.1. The highest BCUT2D eigenvalue weighted by Gasteiger charge is 2.31. The van der Waals surface area contributed by atoms with Crippen LogP contribution in [0, 0.1) is 5.82 Å². The SMILES string of the molecule is O=C(NCC(O)COc1cccc(C(F)(F)F)c1)c1nn(-c2ccccc2F)c2c1CCC2. The minimum absolute atomic E-state index is 0.0448. The summed E-state index contributed by atoms with van der Waals surface area (Å²) < 4.78 is 59.3. The van der Waals surface area contributed by atoms with Crippen molar-refractivity contribution in [2.75, 3.05) is 13.2 Å². The number of para-hydroxylation sites is 1. The molecule has 0 fully saturated rings. The number of aromatic nitrogens is 2. The molecule has 4 rings (SSSR count). The summed E-state index contributed by atoms with van der Waals surface area (Å²) in [7, 11) is 0. The summed E-state index contributed by atoms with van der Waals surface area (Å²) in [6.07, 6.45) is -3.55. The number of ether oxygens (including phenoxy) is 1. The van der Waals surface area contributed by atoms with E-state index in [-0.39, 0.29) is 30.3 Å². The maximum atomic E-state index is 14.3. The van der Waals surface area contributed by atoms with Gasteiger partial charge >= 0.3 is 6.18 Å². The van der Waals surface area contributed by atoms with Gasteiger partial charge in [0.05, 0.1) is 5.56 Å². The summed E-state index contributed by atoms with van der Waals surface area (Å²) in [5, 5.41) is 17.0. The molecule has 0 aliphatic heterocycles. The monoisotopic (exact) mass is 463 g/mol. The van der Waals surface area contributed by atoms with E-state index >= 15 is 0 Å². The second-order valence-corrected chi connectivity index (χ2v) is 7.69. The van der Waals surface area contributed by atoms with Crippen molar-refractivity contribution in [3.63, 3.8) is 0 Å². The number of aliphatic hydroxyl groups is 1. The van der Waals surface area contributed by atoms with Crippen LogP contribution in [0.3, 0.4) is 0 Å². The minimum Gasteiger partial charge on any atom is -0.491 e. The van der Waals surface area contributed by atoms with Gasteiger partial charge in [-0.15, -0.1) is 0 Å². The lowest BCUT2D eigenvalue weighted by molar-refractivity contribution is -0.137. The van der Waals surface area contributed by atoms with Crippen molar-refractivity contribution in [3.05, 3.63) is 76.9 Å². The fourth-order valence-corrected chi connectivity index (χ4v) is 3.75. The Hall–Kier alpha value is -3.40. The lowest BCUT2D eigenvalue weighted by Crippen LogP contribution is -2.35. The standard InChI is InChI=1S/C23H21F4N3O3/c24-18-8-1-2-9-20(18)30-19-10-4-7-17(19)21(29-30)22(32)28-12-15(31)13-33-16-6-3-5-14(11-16)23(25,26)27/h1-3,5-6,8-9,11,15,31H,4,7,10,12-13H2,(H,28,32). The molecule has 174 valence electrons. The molecule has 2 aromatic carbocycles. The van der Waals surface area contributed by atoms with E-state index in [0.29, 0.717) is 12.8 Å². The number of aliphatic hydroxyl groups excluding tert-OH is 1. The lowest BCUT2D eigenvalue weighted by Gasteiger charge is -2.14. The smallest absolute Gasteiger partial charge is 0.416 e. The van der Waals surface area contributed by atoms with Crippen LogP contribution in [-0.4, -0.2) is 40.0 Å². The van der Waals surface area contributed by atoms with Crippen LogP contribution in [0.15, 0.2) is 48.5 Å². The van der Waals surface area contributed by atoms with Crippen molar-refractivity contribution in [3.8, 4) is 11.4 Å². The van der Waals surface area contributed by atoms with Gasteiger partial charge in [0.2, 0.25) is 0 Å². The molecule has 1 aliphatic rings. The van der Waals surface area contributed by atoms with Gasteiger partial charge in [-0.1, -0.05) is 18.2 Å². The molecule has 1 amide bonds. The molecule has 2 N–H and O–H groups in total. The summed E-state index contributed by atoms with van der Waals surface area (Å²) in [5.74, 6) is -1.03. The maximum absolute atomic E-state index is 14.3. The van der Waals surface area contributed by atoms with Gasteiger partial charge in [-0.2, -0.15) is 18.3 Å². The number of amides is 1. The Balaban J connectivity index is 1.39. The summed E-state index contributed by atoms with van der Waals surface area (Å²) in [6.45, 7) is -0.511. The van der Waals surface area contributed by atoms with E-state index < -0.39 is 29.6 Å². The molecule has 1 aliphatic carbocycles. The zero-order chi connectivity index (χ0) is 23.6. The van der Waals surface area contributed by atoms with Crippen LogP contribution in [0.5, 0.6) is 5.75 Å². The second kappa shape index (κ2) is 9.22. The Kier molecular flexibility index (Phi) is 6.37. The predicted molar refractivity (Wildman–Crippen MR) is 111 cm³/mol. The summed E-state index contributed by atoms with van der Waals surface area (Å²) >= 11 is 0. The second-order valence-electron chi connectivity index (χ2n) is 7.69. The summed E-state index contributed by atoms with van der Waals surface area (Å²) in [6, 6.07) is 10.5. The van der Waals surface area contributed by atoms with Crippen LogP contribution in [0.1, 0.15) is 33.7 Å². The number of rotatable bonds is 7. The number of carbonyl (C=O) groups excluding carboxylic acids is 1. The van der Waals surface area contributed by atoms with E-state index in [1.165, 1.54) is 22.9 Å². The molecule has 1 aromatic heterocycles. The van der Waals surface area contributed by atoms with E-state index in [9.17, 15) is 27.5 Å². The van der Waals surface area contributed by atoms with Crippen molar-refractivity contribution in [2.24, 2.45) is 0 Å². The van der Waals surface area contributed by atoms with Crippen LogP contribution in [-0.2, 0) is 19.0 Å². The van der Waals surface area contributed by atoms with E-state index in [2.05, 4.69) is 10.4 Å². The number of carbonyl (C=O) groups is 1. The van der Waals surface area contributed by atoms with Crippen molar-refractivity contribution >= 4 is 5.91 Å². The number of hydrogen-bond donors (Lipinski definition) is 2. The summed E-state index contributed by atoms with van der Waals surface area (Å²) in [5.41, 5.74) is 1.08. The van der Waals surface area contributed by atoms with Gasteiger partial charge in [0.1, 0.15) is 30.0 Å². The largest absolute Gasteiger partial charge is 0.491 e. The number of fused-ring (bicyclic) bond motifs is 1. The molecule has 10 heteroatoms. The Labute approximate surface area is 186 Å². The zero-order valence-corrected chi connectivity index (χ0v) is 17.4. The molecule has 0 radical (unpaired) electrons. The first-order valence-electron chi connectivity index (χ1n) is 10.4. The first-order chi connectivity index (χ1) is 15.7. The highest BCUT2D eigenvalue weighted by atomic mass is 19.4. The Morgan fingerprint density at radius 3 is 2.73 bits per heavy atom. The van der Waals surface area contributed by atoms with E-state index in [1.807, 2.05) is 0 Å². The molecule has 1 unspecified atom stereocenters. The molecular weight excluding hydrogens is 442 g/mol. The maximum Gasteiger partial charge on any atom is 0.416 e. The van der Waals surface area contributed by atoms with Crippen LogP contribution in [0.4, 0.5) is 17.6 Å². The molecular formula is C23H21F4N3O3.